The van der Waals surface area contributed by atoms with Crippen LogP contribution in [0.15, 0.2) is 30.5 Å². The van der Waals surface area contributed by atoms with Crippen LogP contribution in [0.4, 0.5) is 20.5 Å². The predicted molar refractivity (Wildman–Crippen MR) is 139 cm³/mol. The number of nitrogens with zero attached hydrogens (tertiary/aromatic N) is 4. The summed E-state index contributed by atoms with van der Waals surface area (Å²) in [6, 6.07) is 4.84. The highest BCUT2D eigenvalue weighted by atomic mass is 32.1. The van der Waals surface area contributed by atoms with Gasteiger partial charge in [-0.1, -0.05) is 6.07 Å². The number of anilines is 2. The van der Waals surface area contributed by atoms with Gasteiger partial charge in [-0.15, -0.1) is 11.3 Å². The molecule has 1 aliphatic carbocycles. The van der Waals surface area contributed by atoms with Crippen molar-refractivity contribution in [3.63, 3.8) is 0 Å². The lowest BCUT2D eigenvalue weighted by Gasteiger charge is -2.21. The molecule has 0 bridgehead atoms. The first kappa shape index (κ1) is 26.3. The van der Waals surface area contributed by atoms with E-state index in [1.165, 1.54) is 29.5 Å². The SMILES string of the molecule is Cc1nc(NCc2c(F)cccc2F)nc(NC2CC(CO)C(O)C2O)c1-c1nc2c(CN)nccc2s1. The van der Waals surface area contributed by atoms with E-state index < -0.39 is 35.8 Å². The number of pyridine rings is 1. The molecule has 0 spiro atoms. The molecule has 3 aromatic heterocycles. The maximum Gasteiger partial charge on any atom is 0.225 e. The van der Waals surface area contributed by atoms with Gasteiger partial charge in [0.2, 0.25) is 5.95 Å². The third kappa shape index (κ3) is 4.90. The van der Waals surface area contributed by atoms with Gasteiger partial charge < -0.3 is 31.7 Å². The number of aryl methyl sites for hydroxylation is 1. The molecule has 0 saturated heterocycles. The summed E-state index contributed by atoms with van der Waals surface area (Å²) in [5, 5.41) is 37.2. The van der Waals surface area contributed by atoms with Crippen LogP contribution >= 0.6 is 11.3 Å². The molecule has 4 unspecified atom stereocenters. The number of thiazole rings is 1. The van der Waals surface area contributed by atoms with E-state index in [1.54, 1.807) is 13.1 Å². The van der Waals surface area contributed by atoms with Gasteiger partial charge in [0.25, 0.3) is 0 Å². The average Bonchev–Trinajstić information content (AvgIpc) is 3.44. The first-order valence-electron chi connectivity index (χ1n) is 12.0. The van der Waals surface area contributed by atoms with Crippen LogP contribution in [0.25, 0.3) is 20.8 Å². The largest absolute Gasteiger partial charge is 0.396 e. The highest BCUT2D eigenvalue weighted by Gasteiger charge is 2.41. The summed E-state index contributed by atoms with van der Waals surface area (Å²) >= 11 is 1.39. The topological polar surface area (TPSA) is 162 Å². The Morgan fingerprint density at radius 1 is 1.11 bits per heavy atom. The summed E-state index contributed by atoms with van der Waals surface area (Å²) in [5.74, 6) is -1.47. The number of halogens is 2. The Labute approximate surface area is 220 Å². The van der Waals surface area contributed by atoms with Gasteiger partial charge in [0.1, 0.15) is 34.1 Å². The van der Waals surface area contributed by atoms with Crippen LogP contribution in [-0.2, 0) is 13.1 Å². The smallest absolute Gasteiger partial charge is 0.225 e. The van der Waals surface area contributed by atoms with Gasteiger partial charge in [-0.25, -0.2) is 18.7 Å². The zero-order chi connectivity index (χ0) is 27.0. The summed E-state index contributed by atoms with van der Waals surface area (Å²) in [4.78, 5) is 18.1. The molecule has 3 heterocycles. The first-order valence-corrected chi connectivity index (χ1v) is 12.9. The molecule has 1 fully saturated rings. The number of aromatic nitrogens is 4. The van der Waals surface area contributed by atoms with Crippen LogP contribution in [0.5, 0.6) is 0 Å². The van der Waals surface area contributed by atoms with Crippen molar-refractivity contribution in [2.24, 2.45) is 11.7 Å². The number of rotatable bonds is 8. The van der Waals surface area contributed by atoms with E-state index >= 15 is 0 Å². The second-order valence-electron chi connectivity index (χ2n) is 9.15. The molecule has 200 valence electrons. The van der Waals surface area contributed by atoms with Crippen molar-refractivity contribution in [1.82, 2.24) is 19.9 Å². The number of aliphatic hydroxyl groups is 3. The lowest BCUT2D eigenvalue weighted by Crippen LogP contribution is -2.35. The van der Waals surface area contributed by atoms with Gasteiger partial charge in [-0.3, -0.25) is 4.98 Å². The maximum atomic E-state index is 14.2. The molecule has 1 saturated carbocycles. The van der Waals surface area contributed by atoms with Gasteiger partial charge in [-0.2, -0.15) is 4.98 Å². The number of hydrogen-bond donors (Lipinski definition) is 6. The van der Waals surface area contributed by atoms with Crippen molar-refractivity contribution in [3.8, 4) is 10.6 Å². The first-order chi connectivity index (χ1) is 18.3. The van der Waals surface area contributed by atoms with Gasteiger partial charge in [0, 0.05) is 37.4 Å². The predicted octanol–water partition coefficient (Wildman–Crippen LogP) is 2.32. The lowest BCUT2D eigenvalue weighted by molar-refractivity contribution is 0.00446. The molecule has 38 heavy (non-hydrogen) atoms. The minimum absolute atomic E-state index is 0.105. The quantitative estimate of drug-likeness (QED) is 0.194. The van der Waals surface area contributed by atoms with Crippen LogP contribution < -0.4 is 16.4 Å². The van der Waals surface area contributed by atoms with Crippen molar-refractivity contribution in [3.05, 3.63) is 59.0 Å². The normalized spacial score (nSPS) is 21.2. The number of fused-ring (bicyclic) bond motifs is 1. The van der Waals surface area contributed by atoms with Gasteiger partial charge in [0.15, 0.2) is 0 Å². The van der Waals surface area contributed by atoms with Crippen molar-refractivity contribution >= 4 is 33.3 Å². The fourth-order valence-corrected chi connectivity index (χ4v) is 5.75. The fraction of sp³-hybridized carbons (Fsp3) is 0.360. The number of aliphatic hydroxyl groups excluding tert-OH is 3. The second kappa shape index (κ2) is 10.8. The van der Waals surface area contributed by atoms with Crippen molar-refractivity contribution in [2.75, 3.05) is 17.2 Å². The van der Waals surface area contributed by atoms with E-state index in [9.17, 15) is 24.1 Å². The van der Waals surface area contributed by atoms with Crippen LogP contribution in [0, 0.1) is 24.5 Å². The number of benzene rings is 1. The maximum absolute atomic E-state index is 14.2. The molecule has 1 aliphatic rings. The summed E-state index contributed by atoms with van der Waals surface area (Å²) < 4.78 is 29.2. The van der Waals surface area contributed by atoms with Crippen LogP contribution in [-0.4, -0.2) is 60.1 Å². The third-order valence-corrected chi connectivity index (χ3v) is 7.76. The molecule has 5 rings (SSSR count). The van der Waals surface area contributed by atoms with Crippen molar-refractivity contribution in [1.29, 1.82) is 0 Å². The molecular formula is C25H27F2N7O3S. The fourth-order valence-electron chi connectivity index (χ4n) is 4.67. The van der Waals surface area contributed by atoms with E-state index in [1.807, 2.05) is 6.07 Å². The summed E-state index contributed by atoms with van der Waals surface area (Å²) in [7, 11) is 0. The molecule has 1 aromatic carbocycles. The molecular weight excluding hydrogens is 516 g/mol. The monoisotopic (exact) mass is 543 g/mol. The minimum Gasteiger partial charge on any atom is -0.396 e. The van der Waals surface area contributed by atoms with E-state index in [0.717, 1.165) is 4.70 Å². The number of nitrogens with two attached hydrogens (primary N) is 1. The van der Waals surface area contributed by atoms with Crippen molar-refractivity contribution < 1.29 is 24.1 Å². The number of nitrogens with one attached hydrogen (secondary N) is 2. The Kier molecular flexibility index (Phi) is 7.45. The second-order valence-corrected chi connectivity index (χ2v) is 10.2. The van der Waals surface area contributed by atoms with Crippen LogP contribution in [0.2, 0.25) is 0 Å². The zero-order valence-corrected chi connectivity index (χ0v) is 21.2. The summed E-state index contributed by atoms with van der Waals surface area (Å²) in [6.07, 6.45) is -0.297. The summed E-state index contributed by atoms with van der Waals surface area (Å²) in [5.41, 5.74) is 8.07. The highest BCUT2D eigenvalue weighted by Crippen LogP contribution is 2.38. The minimum atomic E-state index is -1.15. The molecule has 4 atom stereocenters. The molecule has 10 nitrogen and oxygen atoms in total. The summed E-state index contributed by atoms with van der Waals surface area (Å²) in [6.45, 7) is 1.49. The highest BCUT2D eigenvalue weighted by molar-refractivity contribution is 7.21. The Morgan fingerprint density at radius 2 is 1.87 bits per heavy atom. The molecule has 0 radical (unpaired) electrons. The van der Waals surface area contributed by atoms with Crippen LogP contribution in [0.1, 0.15) is 23.4 Å². The van der Waals surface area contributed by atoms with E-state index in [4.69, 9.17) is 10.7 Å². The van der Waals surface area contributed by atoms with E-state index in [0.29, 0.717) is 39.7 Å². The van der Waals surface area contributed by atoms with Crippen LogP contribution in [0.3, 0.4) is 0 Å². The standard InChI is InChI=1S/C25H27F2N7O3S/c1-11-19(24-33-20-17(8-28)29-6-5-18(20)38-24)23(32-16-7-12(10-35)21(36)22(16)37)34-25(31-11)30-9-13-14(26)3-2-4-15(13)27/h2-6,12,16,21-22,35-37H,7-10,28H2,1H3,(H2,30,31,32,34). The Morgan fingerprint density at radius 3 is 2.55 bits per heavy atom. The van der Waals surface area contributed by atoms with Gasteiger partial charge >= 0.3 is 0 Å². The average molecular weight is 544 g/mol. The van der Waals surface area contributed by atoms with Crippen molar-refractivity contribution in [2.45, 2.75) is 44.7 Å². The molecule has 7 N–H and O–H groups in total. The Bertz CT molecular complexity index is 1450. The Balaban J connectivity index is 1.55. The Hall–Kier alpha value is -3.36. The third-order valence-electron chi connectivity index (χ3n) is 6.72. The van der Waals surface area contributed by atoms with Gasteiger partial charge in [0.05, 0.1) is 33.8 Å². The molecule has 0 aliphatic heterocycles. The zero-order valence-electron chi connectivity index (χ0n) is 20.4. The molecule has 4 aromatic rings. The van der Waals surface area contributed by atoms with E-state index in [-0.39, 0.29) is 31.2 Å². The van der Waals surface area contributed by atoms with E-state index in [2.05, 4.69) is 25.6 Å². The molecule has 0 amide bonds. The molecule has 13 heteroatoms. The van der Waals surface area contributed by atoms with Gasteiger partial charge in [-0.05, 0) is 31.5 Å². The lowest BCUT2D eigenvalue weighted by atomic mass is 10.1. The number of hydrogen-bond acceptors (Lipinski definition) is 11.